The molecule has 3 aromatic rings. The van der Waals surface area contributed by atoms with E-state index in [2.05, 4.69) is 0 Å². The predicted molar refractivity (Wildman–Crippen MR) is 146 cm³/mol. The van der Waals surface area contributed by atoms with Crippen LogP contribution in [0.3, 0.4) is 0 Å². The zero-order valence-electron chi connectivity index (χ0n) is 22.0. The van der Waals surface area contributed by atoms with E-state index in [-0.39, 0.29) is 31.3 Å². The first-order chi connectivity index (χ1) is 18.9. The fraction of sp³-hybridized carbons (Fsp3) is 0.367. The molecule has 208 valence electrons. The van der Waals surface area contributed by atoms with Gasteiger partial charge in [-0.3, -0.25) is 0 Å². The Bertz CT molecular complexity index is 1290. The molecule has 4 rings (SSSR count). The summed E-state index contributed by atoms with van der Waals surface area (Å²) in [5.74, 6) is -1.91. The third-order valence-corrected chi connectivity index (χ3v) is 7.25. The minimum atomic E-state index is -2.67. The van der Waals surface area contributed by atoms with Gasteiger partial charge in [0.25, 0.3) is 0 Å². The SMILES string of the molecule is COCC([C@H]1O[C@](C)(O)[C@H](OCc2ccccc2)[C@@H](OCc2ccccc2)[C@@H]1OCc1ccccc1)=S(=O)=O. The number of benzene rings is 3. The number of hydrogen-bond donors (Lipinski definition) is 1. The lowest BCUT2D eigenvalue weighted by Gasteiger charge is -2.49. The van der Waals surface area contributed by atoms with E-state index in [1.165, 1.54) is 14.0 Å². The molecule has 0 amide bonds. The van der Waals surface area contributed by atoms with Crippen LogP contribution in [0.15, 0.2) is 91.0 Å². The van der Waals surface area contributed by atoms with Gasteiger partial charge in [0.2, 0.25) is 10.3 Å². The fourth-order valence-corrected chi connectivity index (χ4v) is 5.15. The lowest BCUT2D eigenvalue weighted by Crippen LogP contribution is -2.67. The summed E-state index contributed by atoms with van der Waals surface area (Å²) in [6.45, 7) is 1.73. The first-order valence-corrected chi connectivity index (χ1v) is 13.8. The lowest BCUT2D eigenvalue weighted by atomic mass is 9.91. The van der Waals surface area contributed by atoms with Gasteiger partial charge < -0.3 is 28.8 Å². The van der Waals surface area contributed by atoms with Crippen molar-refractivity contribution in [3.05, 3.63) is 108 Å². The minimum Gasteiger partial charge on any atom is -0.379 e. The molecule has 9 heteroatoms. The van der Waals surface area contributed by atoms with Gasteiger partial charge in [0, 0.05) is 7.11 Å². The molecule has 1 saturated heterocycles. The van der Waals surface area contributed by atoms with E-state index in [4.69, 9.17) is 23.7 Å². The molecule has 0 aromatic heterocycles. The Morgan fingerprint density at radius 1 is 0.769 bits per heavy atom. The van der Waals surface area contributed by atoms with Gasteiger partial charge in [-0.2, -0.15) is 8.42 Å². The van der Waals surface area contributed by atoms with Crippen LogP contribution in [0, 0.1) is 0 Å². The second-order valence-corrected chi connectivity index (χ2v) is 10.5. The zero-order valence-corrected chi connectivity index (χ0v) is 22.8. The van der Waals surface area contributed by atoms with Crippen molar-refractivity contribution in [2.75, 3.05) is 13.7 Å². The van der Waals surface area contributed by atoms with Gasteiger partial charge in [-0.05, 0) is 23.6 Å². The topological polar surface area (TPSA) is 101 Å². The van der Waals surface area contributed by atoms with E-state index in [1.807, 2.05) is 91.0 Å². The number of rotatable bonds is 12. The number of hydrogen-bond acceptors (Lipinski definition) is 8. The Morgan fingerprint density at radius 3 is 1.64 bits per heavy atom. The highest BCUT2D eigenvalue weighted by Gasteiger charge is 2.55. The molecular formula is C30H34O8S. The molecule has 8 nitrogen and oxygen atoms in total. The van der Waals surface area contributed by atoms with E-state index < -0.39 is 40.5 Å². The van der Waals surface area contributed by atoms with Gasteiger partial charge in [-0.15, -0.1) is 0 Å². The normalized spacial score (nSPS) is 24.8. The highest BCUT2D eigenvalue weighted by molar-refractivity contribution is 7.73. The van der Waals surface area contributed by atoms with Gasteiger partial charge in [-0.1, -0.05) is 91.0 Å². The van der Waals surface area contributed by atoms with Crippen molar-refractivity contribution in [2.45, 2.75) is 56.9 Å². The Balaban J connectivity index is 1.71. The van der Waals surface area contributed by atoms with Gasteiger partial charge in [0.1, 0.15) is 29.3 Å². The van der Waals surface area contributed by atoms with Crippen LogP contribution in [0.2, 0.25) is 0 Å². The molecule has 1 aliphatic heterocycles. The van der Waals surface area contributed by atoms with Crippen molar-refractivity contribution in [3.8, 4) is 0 Å². The summed E-state index contributed by atoms with van der Waals surface area (Å²) in [6.07, 6.45) is -4.04. The first kappa shape index (κ1) is 29.1. The molecule has 39 heavy (non-hydrogen) atoms. The number of ether oxygens (including phenoxy) is 5. The number of methoxy groups -OCH3 is 1. The smallest absolute Gasteiger partial charge is 0.218 e. The van der Waals surface area contributed by atoms with Crippen molar-refractivity contribution >= 4 is 15.2 Å². The average molecular weight is 555 g/mol. The Hall–Kier alpha value is -2.89. The molecule has 0 spiro atoms. The zero-order chi connectivity index (χ0) is 27.7. The molecule has 1 N–H and O–H groups in total. The van der Waals surface area contributed by atoms with E-state index in [0.29, 0.717) is 0 Å². The molecule has 0 bridgehead atoms. The quantitative estimate of drug-likeness (QED) is 0.340. The molecule has 0 unspecified atom stereocenters. The minimum absolute atomic E-state index is 0.0920. The summed E-state index contributed by atoms with van der Waals surface area (Å²) in [6, 6.07) is 28.6. The molecule has 1 aliphatic rings. The van der Waals surface area contributed by atoms with E-state index in [1.54, 1.807) is 0 Å². The molecular weight excluding hydrogens is 520 g/mol. The summed E-state index contributed by atoms with van der Waals surface area (Å²) < 4.78 is 54.8. The van der Waals surface area contributed by atoms with Crippen LogP contribution in [-0.4, -0.2) is 62.3 Å². The van der Waals surface area contributed by atoms with Crippen LogP contribution in [0.25, 0.3) is 0 Å². The maximum absolute atomic E-state index is 12.3. The summed E-state index contributed by atoms with van der Waals surface area (Å²) in [4.78, 5) is -0.0920. The van der Waals surface area contributed by atoms with Gasteiger partial charge in [0.15, 0.2) is 5.79 Å². The highest BCUT2D eigenvalue weighted by atomic mass is 32.2. The van der Waals surface area contributed by atoms with Crippen LogP contribution in [-0.2, 0) is 53.8 Å². The van der Waals surface area contributed by atoms with E-state index in [0.717, 1.165) is 16.7 Å². The third-order valence-electron chi connectivity index (χ3n) is 6.47. The van der Waals surface area contributed by atoms with Crippen LogP contribution >= 0.6 is 0 Å². The molecule has 5 atom stereocenters. The van der Waals surface area contributed by atoms with E-state index >= 15 is 0 Å². The lowest BCUT2D eigenvalue weighted by molar-refractivity contribution is -0.348. The van der Waals surface area contributed by atoms with Gasteiger partial charge >= 0.3 is 0 Å². The van der Waals surface area contributed by atoms with Crippen molar-refractivity contribution in [2.24, 2.45) is 0 Å². The van der Waals surface area contributed by atoms with Crippen molar-refractivity contribution in [1.82, 2.24) is 0 Å². The standard InChI is InChI=1S/C30H34O8S/c1-30(31)29(37-20-24-16-10-5-11-17-24)28(36-19-23-14-8-4-9-15-23)27(35-18-22-12-6-3-7-13-22)26(38-30)25(21-34-2)39(32)33/h3-17,26-29,31H,18-21H2,1-2H3/t26-,27-,28+,29-,30+/m1/s1. The maximum Gasteiger partial charge on any atom is 0.218 e. The third kappa shape index (κ3) is 7.83. The first-order valence-electron chi connectivity index (χ1n) is 12.7. The second-order valence-electron chi connectivity index (χ2n) is 9.47. The predicted octanol–water partition coefficient (Wildman–Crippen LogP) is 3.55. The van der Waals surface area contributed by atoms with Crippen LogP contribution in [0.1, 0.15) is 23.6 Å². The maximum atomic E-state index is 12.3. The average Bonchev–Trinajstić information content (AvgIpc) is 2.94. The van der Waals surface area contributed by atoms with Gasteiger partial charge in [-0.25, -0.2) is 0 Å². The number of aliphatic hydroxyl groups is 1. The molecule has 1 fully saturated rings. The van der Waals surface area contributed by atoms with E-state index in [9.17, 15) is 13.5 Å². The molecule has 0 saturated carbocycles. The summed E-state index contributed by atoms with van der Waals surface area (Å²) in [7, 11) is -1.28. The summed E-state index contributed by atoms with van der Waals surface area (Å²) in [5, 5.41) is 11.5. The van der Waals surface area contributed by atoms with Crippen LogP contribution in [0.5, 0.6) is 0 Å². The second kappa shape index (κ2) is 14.0. The molecule has 3 aromatic carbocycles. The molecule has 0 radical (unpaired) electrons. The van der Waals surface area contributed by atoms with Gasteiger partial charge in [0.05, 0.1) is 26.4 Å². The monoisotopic (exact) mass is 554 g/mol. The van der Waals surface area contributed by atoms with Crippen LogP contribution in [0.4, 0.5) is 0 Å². The fourth-order valence-electron chi connectivity index (χ4n) is 4.56. The van der Waals surface area contributed by atoms with Crippen molar-refractivity contribution < 1.29 is 37.2 Å². The Kier molecular flexibility index (Phi) is 10.4. The largest absolute Gasteiger partial charge is 0.379 e. The molecule has 0 aliphatic carbocycles. The van der Waals surface area contributed by atoms with Crippen molar-refractivity contribution in [3.63, 3.8) is 0 Å². The van der Waals surface area contributed by atoms with Crippen molar-refractivity contribution in [1.29, 1.82) is 0 Å². The highest BCUT2D eigenvalue weighted by Crippen LogP contribution is 2.35. The Morgan fingerprint density at radius 2 is 1.21 bits per heavy atom. The summed E-state index contributed by atoms with van der Waals surface area (Å²) >= 11 is 0. The summed E-state index contributed by atoms with van der Waals surface area (Å²) in [5.41, 5.74) is 2.68. The van der Waals surface area contributed by atoms with Crippen LogP contribution < -0.4 is 0 Å². The Labute approximate surface area is 230 Å². The molecule has 1 heterocycles.